The molecule has 0 saturated heterocycles. The molecule has 0 aliphatic rings. The molecule has 94 valence electrons. The molecule has 1 unspecified atom stereocenters. The Bertz CT molecular complexity index is 259. The summed E-state index contributed by atoms with van der Waals surface area (Å²) in [5.41, 5.74) is 0. The molecule has 6 heteroatoms. The van der Waals surface area contributed by atoms with Gasteiger partial charge in [0.1, 0.15) is 5.75 Å². The third-order valence-electron chi connectivity index (χ3n) is 1.28. The quantitative estimate of drug-likeness (QED) is 0.851. The monoisotopic (exact) mass is 266 g/mol. The minimum atomic E-state index is -2.14. The van der Waals surface area contributed by atoms with Crippen molar-refractivity contribution in [1.82, 2.24) is 0 Å². The predicted octanol–water partition coefficient (Wildman–Crippen LogP) is 2.90. The van der Waals surface area contributed by atoms with Crippen LogP contribution in [-0.2, 0) is 13.6 Å². The summed E-state index contributed by atoms with van der Waals surface area (Å²) in [5.74, 6) is 0.322. The molecule has 0 aromatic heterocycles. The van der Waals surface area contributed by atoms with Gasteiger partial charge in [-0.1, -0.05) is 18.2 Å². The summed E-state index contributed by atoms with van der Waals surface area (Å²) >= 11 is 0. The Kier molecular flexibility index (Phi) is 14.2. The fourth-order valence-corrected chi connectivity index (χ4v) is 1.26. The van der Waals surface area contributed by atoms with Crippen molar-refractivity contribution in [3.8, 4) is 5.75 Å². The molecule has 0 saturated carbocycles. The van der Waals surface area contributed by atoms with Gasteiger partial charge in [0.15, 0.2) is 0 Å². The summed E-state index contributed by atoms with van der Waals surface area (Å²) in [6.07, 6.45) is 0. The Labute approximate surface area is 101 Å². The van der Waals surface area contributed by atoms with Gasteiger partial charge in [0, 0.05) is 0 Å². The summed E-state index contributed by atoms with van der Waals surface area (Å²) in [6.45, 7) is 4.47. The molecule has 16 heavy (non-hydrogen) atoms. The van der Waals surface area contributed by atoms with Crippen LogP contribution in [0, 0.1) is 0 Å². The smallest absolute Gasteiger partial charge is 0.319 e. The van der Waals surface area contributed by atoms with Crippen molar-refractivity contribution in [3.05, 3.63) is 30.3 Å². The minimum absolute atomic E-state index is 0. The lowest BCUT2D eigenvalue weighted by atomic mass is 10.3. The van der Waals surface area contributed by atoms with Gasteiger partial charge in [0.05, 0.1) is 13.2 Å². The van der Waals surface area contributed by atoms with Crippen LogP contribution >= 0.6 is 18.2 Å². The molecule has 1 aromatic carbocycles. The topological polar surface area (TPSA) is 55.8 Å². The number of phenolic OH excluding ortho intramolecular Hbond substituents is 1. The highest BCUT2D eigenvalue weighted by Gasteiger charge is 1.91. The summed E-state index contributed by atoms with van der Waals surface area (Å²) in [4.78, 5) is 0. The van der Waals surface area contributed by atoms with E-state index in [0.717, 1.165) is 0 Å². The molecule has 0 heterocycles. The van der Waals surface area contributed by atoms with Gasteiger partial charge in [-0.3, -0.25) is 4.57 Å². The zero-order chi connectivity index (χ0) is 11.5. The Balaban J connectivity index is 0. The number of hydrogen-bond acceptors (Lipinski definition) is 4. The standard InChI is InChI=1S/C6H6O.C4H11O3P.H3P/c7-6-4-2-1-3-5-6;1-3-6-8(5)7-4-2;/h1-5,7H;8H,3-4H2,1-2H3;1H3. The van der Waals surface area contributed by atoms with E-state index in [-0.39, 0.29) is 9.90 Å². The van der Waals surface area contributed by atoms with E-state index in [9.17, 15) is 4.57 Å². The largest absolute Gasteiger partial charge is 0.508 e. The van der Waals surface area contributed by atoms with Gasteiger partial charge in [-0.05, 0) is 26.0 Å². The first kappa shape index (κ1) is 18.0. The van der Waals surface area contributed by atoms with E-state index in [0.29, 0.717) is 19.0 Å². The van der Waals surface area contributed by atoms with Gasteiger partial charge in [-0.25, -0.2) is 0 Å². The number of rotatable bonds is 4. The van der Waals surface area contributed by atoms with Crippen LogP contribution in [-0.4, -0.2) is 18.3 Å². The first-order valence-corrected chi connectivity index (χ1v) is 5.96. The molecule has 0 spiro atoms. The Morgan fingerprint density at radius 1 is 1.12 bits per heavy atom. The maximum atomic E-state index is 10.4. The number of benzene rings is 1. The Morgan fingerprint density at radius 3 is 1.81 bits per heavy atom. The average molecular weight is 266 g/mol. The van der Waals surface area contributed by atoms with E-state index in [4.69, 9.17) is 5.11 Å². The predicted molar refractivity (Wildman–Crippen MR) is 71.5 cm³/mol. The third kappa shape index (κ3) is 11.7. The van der Waals surface area contributed by atoms with Crippen LogP contribution < -0.4 is 0 Å². The van der Waals surface area contributed by atoms with E-state index < -0.39 is 8.25 Å². The number of aromatic hydroxyl groups is 1. The van der Waals surface area contributed by atoms with E-state index >= 15 is 0 Å². The maximum Gasteiger partial charge on any atom is 0.319 e. The molecule has 0 aliphatic carbocycles. The van der Waals surface area contributed by atoms with Crippen molar-refractivity contribution >= 4 is 18.2 Å². The SMILES string of the molecule is CCO[PH](=O)OCC.Oc1ccccc1.P. The fraction of sp³-hybridized carbons (Fsp3) is 0.400. The van der Waals surface area contributed by atoms with Gasteiger partial charge in [0.2, 0.25) is 0 Å². The molecule has 0 radical (unpaired) electrons. The van der Waals surface area contributed by atoms with Gasteiger partial charge >= 0.3 is 8.25 Å². The number of phenols is 1. The van der Waals surface area contributed by atoms with Crippen molar-refractivity contribution in [2.45, 2.75) is 13.8 Å². The molecule has 1 aromatic rings. The molecular formula is C10H20O4P2. The van der Waals surface area contributed by atoms with E-state index in [1.54, 1.807) is 38.1 Å². The van der Waals surface area contributed by atoms with Crippen molar-refractivity contribution in [2.75, 3.05) is 13.2 Å². The Morgan fingerprint density at radius 2 is 1.56 bits per heavy atom. The second kappa shape index (κ2) is 12.7. The molecular weight excluding hydrogens is 246 g/mol. The first-order valence-electron chi connectivity index (χ1n) is 4.74. The van der Waals surface area contributed by atoms with Crippen molar-refractivity contribution in [3.63, 3.8) is 0 Å². The van der Waals surface area contributed by atoms with Gasteiger partial charge in [0.25, 0.3) is 0 Å². The van der Waals surface area contributed by atoms with Crippen LogP contribution in [0.2, 0.25) is 0 Å². The highest BCUT2D eigenvalue weighted by molar-refractivity contribution is 7.33. The minimum Gasteiger partial charge on any atom is -0.508 e. The molecule has 0 amide bonds. The van der Waals surface area contributed by atoms with Crippen molar-refractivity contribution < 1.29 is 18.7 Å². The molecule has 0 fully saturated rings. The summed E-state index contributed by atoms with van der Waals surface area (Å²) in [7, 11) is -2.14. The second-order valence-corrected chi connectivity index (χ2v) is 3.53. The molecule has 1 N–H and O–H groups in total. The van der Waals surface area contributed by atoms with Crippen LogP contribution in [0.4, 0.5) is 0 Å². The number of para-hydroxylation sites is 1. The summed E-state index contributed by atoms with van der Waals surface area (Å²) in [6, 6.07) is 8.71. The molecule has 1 rings (SSSR count). The lowest BCUT2D eigenvalue weighted by molar-refractivity contribution is 0.243. The fourth-order valence-electron chi connectivity index (χ4n) is 0.705. The summed E-state index contributed by atoms with van der Waals surface area (Å²) < 4.78 is 19.6. The summed E-state index contributed by atoms with van der Waals surface area (Å²) in [5, 5.41) is 8.63. The lowest BCUT2D eigenvalue weighted by Crippen LogP contribution is -1.81. The number of hydrogen-bond donors (Lipinski definition) is 1. The Hall–Kier alpha value is -0.400. The highest BCUT2D eigenvalue weighted by atomic mass is 31.1. The zero-order valence-corrected chi connectivity index (χ0v) is 12.1. The van der Waals surface area contributed by atoms with Crippen LogP contribution in [0.15, 0.2) is 30.3 Å². The van der Waals surface area contributed by atoms with Gasteiger partial charge in [-0.15, -0.1) is 0 Å². The molecule has 0 aliphatic heterocycles. The molecule has 1 atom stereocenters. The second-order valence-electron chi connectivity index (χ2n) is 2.45. The van der Waals surface area contributed by atoms with Crippen LogP contribution in [0.5, 0.6) is 5.75 Å². The van der Waals surface area contributed by atoms with E-state index in [1.165, 1.54) is 0 Å². The molecule has 4 nitrogen and oxygen atoms in total. The average Bonchev–Trinajstić information content (AvgIpc) is 2.20. The maximum absolute atomic E-state index is 10.4. The van der Waals surface area contributed by atoms with E-state index in [2.05, 4.69) is 9.05 Å². The van der Waals surface area contributed by atoms with Crippen LogP contribution in [0.25, 0.3) is 0 Å². The van der Waals surface area contributed by atoms with Crippen LogP contribution in [0.1, 0.15) is 13.8 Å². The van der Waals surface area contributed by atoms with Crippen molar-refractivity contribution in [2.24, 2.45) is 0 Å². The highest BCUT2D eigenvalue weighted by Crippen LogP contribution is 2.21. The van der Waals surface area contributed by atoms with E-state index in [1.807, 2.05) is 6.07 Å². The normalized spacial score (nSPS) is 8.94. The molecule has 0 bridgehead atoms. The van der Waals surface area contributed by atoms with Crippen molar-refractivity contribution in [1.29, 1.82) is 0 Å². The zero-order valence-electron chi connectivity index (χ0n) is 9.68. The lowest BCUT2D eigenvalue weighted by Gasteiger charge is -1.97. The van der Waals surface area contributed by atoms with Gasteiger partial charge in [-0.2, -0.15) is 9.90 Å². The van der Waals surface area contributed by atoms with Crippen LogP contribution in [0.3, 0.4) is 0 Å². The third-order valence-corrected chi connectivity index (χ3v) is 2.33. The van der Waals surface area contributed by atoms with Gasteiger partial charge < -0.3 is 14.2 Å². The first-order chi connectivity index (χ1) is 7.20.